The summed E-state index contributed by atoms with van der Waals surface area (Å²) in [5.41, 5.74) is -0.794. The normalized spacial score (nSPS) is 52.1. The molecule has 4 aliphatic carbocycles. The predicted octanol–water partition coefficient (Wildman–Crippen LogP) is 2.00. The molecule has 0 radical (unpaired) electrons. The average Bonchev–Trinajstić information content (AvgIpc) is 2.15. The van der Waals surface area contributed by atoms with E-state index in [9.17, 15) is 10.1 Å². The van der Waals surface area contributed by atoms with Gasteiger partial charge in [-0.25, -0.2) is 0 Å². The molecule has 4 saturated carbocycles. The van der Waals surface area contributed by atoms with Gasteiger partial charge >= 0.3 is 0 Å². The maximum Gasteiger partial charge on any atom is 0.225 e. The van der Waals surface area contributed by atoms with Crippen molar-refractivity contribution in [3.05, 3.63) is 10.1 Å². The van der Waals surface area contributed by atoms with Crippen LogP contribution < -0.4 is 0 Å². The Labute approximate surface area is 89.1 Å². The van der Waals surface area contributed by atoms with Gasteiger partial charge in [0.2, 0.25) is 5.54 Å². The van der Waals surface area contributed by atoms with Gasteiger partial charge in [0.05, 0.1) is 5.60 Å². The van der Waals surface area contributed by atoms with Crippen LogP contribution in [0.1, 0.15) is 38.5 Å². The van der Waals surface area contributed by atoms with Crippen LogP contribution in [0.5, 0.6) is 0 Å². The molecule has 0 spiro atoms. The van der Waals surface area contributed by atoms with E-state index in [0.29, 0.717) is 18.3 Å². The fraction of sp³-hybridized carbons (Fsp3) is 1.00. The molecule has 4 rings (SSSR count). The second kappa shape index (κ2) is 2.73. The zero-order valence-corrected chi connectivity index (χ0v) is 9.07. The second-order valence-corrected chi connectivity index (χ2v) is 5.83. The first-order valence-corrected chi connectivity index (χ1v) is 5.77. The largest absolute Gasteiger partial charge is 0.378 e. The van der Waals surface area contributed by atoms with E-state index in [1.165, 1.54) is 6.42 Å². The first kappa shape index (κ1) is 9.58. The minimum atomic E-state index is -0.639. The van der Waals surface area contributed by atoms with E-state index in [1.807, 2.05) is 0 Å². The highest BCUT2D eigenvalue weighted by molar-refractivity contribution is 5.10. The molecule has 0 aliphatic heterocycles. The van der Waals surface area contributed by atoms with Crippen molar-refractivity contribution in [3.63, 3.8) is 0 Å². The third kappa shape index (κ3) is 1.17. The molecule has 4 nitrogen and oxygen atoms in total. The van der Waals surface area contributed by atoms with Crippen LogP contribution in [0, 0.1) is 22.0 Å². The van der Waals surface area contributed by atoms with E-state index >= 15 is 0 Å². The molecular formula is C11H17NO3. The molecule has 4 fully saturated rings. The summed E-state index contributed by atoms with van der Waals surface area (Å²) in [6.45, 7) is 0. The molecule has 84 valence electrons. The van der Waals surface area contributed by atoms with Crippen LogP contribution in [-0.4, -0.2) is 23.2 Å². The highest BCUT2D eigenvalue weighted by atomic mass is 16.6. The van der Waals surface area contributed by atoms with Crippen molar-refractivity contribution in [2.75, 3.05) is 7.11 Å². The summed E-state index contributed by atoms with van der Waals surface area (Å²) in [5, 5.41) is 11.3. The van der Waals surface area contributed by atoms with Crippen molar-refractivity contribution in [2.45, 2.75) is 49.7 Å². The summed E-state index contributed by atoms with van der Waals surface area (Å²) in [5.74, 6) is 1.08. The monoisotopic (exact) mass is 211 g/mol. The van der Waals surface area contributed by atoms with Gasteiger partial charge in [0.25, 0.3) is 0 Å². The summed E-state index contributed by atoms with van der Waals surface area (Å²) in [7, 11) is 1.72. The Morgan fingerprint density at radius 3 is 2.33 bits per heavy atom. The maximum absolute atomic E-state index is 11.3. The van der Waals surface area contributed by atoms with Crippen LogP contribution in [0.4, 0.5) is 0 Å². The van der Waals surface area contributed by atoms with Crippen LogP contribution in [0.3, 0.4) is 0 Å². The van der Waals surface area contributed by atoms with Crippen molar-refractivity contribution < 1.29 is 9.66 Å². The lowest BCUT2D eigenvalue weighted by molar-refractivity contribution is -0.592. The smallest absolute Gasteiger partial charge is 0.225 e. The van der Waals surface area contributed by atoms with Crippen LogP contribution in [-0.2, 0) is 4.74 Å². The van der Waals surface area contributed by atoms with Gasteiger partial charge in [-0.05, 0) is 31.1 Å². The molecule has 2 unspecified atom stereocenters. The van der Waals surface area contributed by atoms with Gasteiger partial charge in [-0.2, -0.15) is 0 Å². The van der Waals surface area contributed by atoms with E-state index in [1.54, 1.807) is 7.11 Å². The van der Waals surface area contributed by atoms with Gasteiger partial charge in [-0.1, -0.05) is 0 Å². The van der Waals surface area contributed by atoms with Crippen molar-refractivity contribution in [1.29, 1.82) is 0 Å². The van der Waals surface area contributed by atoms with Gasteiger partial charge in [-0.3, -0.25) is 10.1 Å². The predicted molar refractivity (Wildman–Crippen MR) is 54.1 cm³/mol. The second-order valence-electron chi connectivity index (χ2n) is 5.83. The SMILES string of the molecule is COC12C[C@H]3C[C@@H](C1)CC([N+](=O)[O-])(C3)C2. The van der Waals surface area contributed by atoms with Crippen LogP contribution in [0.2, 0.25) is 0 Å². The van der Waals surface area contributed by atoms with Gasteiger partial charge in [0, 0.05) is 31.3 Å². The summed E-state index contributed by atoms with van der Waals surface area (Å²) in [6.07, 6.45) is 5.53. The Morgan fingerprint density at radius 1 is 1.27 bits per heavy atom. The number of hydrogen-bond donors (Lipinski definition) is 0. The van der Waals surface area contributed by atoms with E-state index in [-0.39, 0.29) is 10.5 Å². The molecule has 4 atom stereocenters. The number of ether oxygens (including phenoxy) is 1. The maximum atomic E-state index is 11.3. The summed E-state index contributed by atoms with van der Waals surface area (Å²) < 4.78 is 5.62. The summed E-state index contributed by atoms with van der Waals surface area (Å²) in [6, 6.07) is 0. The van der Waals surface area contributed by atoms with E-state index < -0.39 is 5.54 Å². The Morgan fingerprint density at radius 2 is 1.87 bits per heavy atom. The molecule has 4 bridgehead atoms. The van der Waals surface area contributed by atoms with Gasteiger partial charge < -0.3 is 4.74 Å². The van der Waals surface area contributed by atoms with Gasteiger partial charge in [-0.15, -0.1) is 0 Å². The van der Waals surface area contributed by atoms with E-state index in [2.05, 4.69) is 0 Å². The lowest BCUT2D eigenvalue weighted by Gasteiger charge is -2.57. The van der Waals surface area contributed by atoms with Gasteiger partial charge in [0.1, 0.15) is 0 Å². The standard InChI is InChI=1S/C11H17NO3/c1-15-11-5-8-2-9(6-11)4-10(3-8,7-11)12(13)14/h8-9H,2-7H2,1H3/t8-,9+,10?,11?. The third-order valence-corrected chi connectivity index (χ3v) is 4.80. The molecule has 0 aromatic carbocycles. The molecule has 0 amide bonds. The Bertz CT molecular complexity index is 301. The minimum Gasteiger partial charge on any atom is -0.378 e. The van der Waals surface area contributed by atoms with Crippen molar-refractivity contribution in [2.24, 2.45) is 11.8 Å². The highest BCUT2D eigenvalue weighted by Gasteiger charge is 2.64. The van der Waals surface area contributed by atoms with E-state index in [0.717, 1.165) is 25.7 Å². The molecule has 0 aromatic heterocycles. The van der Waals surface area contributed by atoms with Crippen molar-refractivity contribution in [3.8, 4) is 0 Å². The van der Waals surface area contributed by atoms with Gasteiger partial charge in [0.15, 0.2) is 0 Å². The highest BCUT2D eigenvalue weighted by Crippen LogP contribution is 2.59. The topological polar surface area (TPSA) is 52.4 Å². The van der Waals surface area contributed by atoms with Crippen LogP contribution in [0.25, 0.3) is 0 Å². The molecule has 0 heterocycles. The molecular weight excluding hydrogens is 194 g/mol. The Balaban J connectivity index is 1.99. The zero-order chi connectivity index (χ0) is 10.7. The van der Waals surface area contributed by atoms with Crippen molar-refractivity contribution in [1.82, 2.24) is 0 Å². The number of rotatable bonds is 2. The summed E-state index contributed by atoms with van der Waals surface area (Å²) >= 11 is 0. The molecule has 4 aliphatic rings. The van der Waals surface area contributed by atoms with Crippen molar-refractivity contribution >= 4 is 0 Å². The minimum absolute atomic E-state index is 0.0156. The molecule has 0 saturated heterocycles. The number of methoxy groups -OCH3 is 1. The lowest BCUT2D eigenvalue weighted by Crippen LogP contribution is -2.62. The van der Waals surface area contributed by atoms with Crippen LogP contribution in [0.15, 0.2) is 0 Å². The number of nitro groups is 1. The Hall–Kier alpha value is -0.640. The molecule has 0 N–H and O–H groups in total. The number of nitrogens with zero attached hydrogens (tertiary/aromatic N) is 1. The first-order chi connectivity index (χ1) is 7.07. The fourth-order valence-corrected chi connectivity index (χ4v) is 4.58. The zero-order valence-electron chi connectivity index (χ0n) is 9.07. The molecule has 4 heteroatoms. The Kier molecular flexibility index (Phi) is 1.74. The van der Waals surface area contributed by atoms with Crippen LogP contribution >= 0.6 is 0 Å². The average molecular weight is 211 g/mol. The fourth-order valence-electron chi connectivity index (χ4n) is 4.58. The lowest BCUT2D eigenvalue weighted by atomic mass is 9.51. The summed E-state index contributed by atoms with van der Waals surface area (Å²) in [4.78, 5) is 11.2. The van der Waals surface area contributed by atoms with E-state index in [4.69, 9.17) is 4.74 Å². The molecule has 15 heavy (non-hydrogen) atoms. The number of hydrogen-bond acceptors (Lipinski definition) is 3. The molecule has 0 aromatic rings. The third-order valence-electron chi connectivity index (χ3n) is 4.80. The quantitative estimate of drug-likeness (QED) is 0.518. The first-order valence-electron chi connectivity index (χ1n) is 5.77.